The van der Waals surface area contributed by atoms with Crippen molar-refractivity contribution in [2.24, 2.45) is 5.73 Å². The fraction of sp³-hybridized carbons (Fsp3) is 0.438. The van der Waals surface area contributed by atoms with Gasteiger partial charge in [0, 0.05) is 11.7 Å². The first-order chi connectivity index (χ1) is 8.90. The van der Waals surface area contributed by atoms with E-state index in [1.807, 2.05) is 11.6 Å². The van der Waals surface area contributed by atoms with E-state index in [0.29, 0.717) is 0 Å². The SMILES string of the molecule is Cc1ccc(-n2nc(C)c(C)c2C)c(CC(C)N)c1. The second-order valence-corrected chi connectivity index (χ2v) is 5.52. The summed E-state index contributed by atoms with van der Waals surface area (Å²) >= 11 is 0. The number of hydrogen-bond donors (Lipinski definition) is 1. The van der Waals surface area contributed by atoms with E-state index < -0.39 is 0 Å². The van der Waals surface area contributed by atoms with Crippen LogP contribution in [0.2, 0.25) is 0 Å². The first-order valence-corrected chi connectivity index (χ1v) is 6.78. The number of aryl methyl sites for hydroxylation is 2. The summed E-state index contributed by atoms with van der Waals surface area (Å²) in [5.41, 5.74) is 13.2. The predicted molar refractivity (Wildman–Crippen MR) is 79.9 cm³/mol. The molecule has 2 rings (SSSR count). The van der Waals surface area contributed by atoms with Crippen molar-refractivity contribution in [1.82, 2.24) is 9.78 Å². The van der Waals surface area contributed by atoms with Crippen LogP contribution in [0.15, 0.2) is 18.2 Å². The Labute approximate surface area is 115 Å². The van der Waals surface area contributed by atoms with Crippen molar-refractivity contribution in [3.05, 3.63) is 46.3 Å². The standard InChI is InChI=1S/C16H23N3/c1-10-6-7-16(15(8-10)9-11(2)17)19-14(5)12(3)13(4)18-19/h6-8,11H,9,17H2,1-5H3. The molecule has 1 heterocycles. The van der Waals surface area contributed by atoms with Crippen LogP contribution in [0.3, 0.4) is 0 Å². The molecule has 1 aromatic carbocycles. The smallest absolute Gasteiger partial charge is 0.0681 e. The molecule has 0 saturated carbocycles. The van der Waals surface area contributed by atoms with Crippen LogP contribution in [0, 0.1) is 27.7 Å². The van der Waals surface area contributed by atoms with Crippen molar-refractivity contribution in [3.63, 3.8) is 0 Å². The van der Waals surface area contributed by atoms with Gasteiger partial charge < -0.3 is 5.73 Å². The molecule has 19 heavy (non-hydrogen) atoms. The molecular formula is C16H23N3. The van der Waals surface area contributed by atoms with Crippen molar-refractivity contribution in [2.75, 3.05) is 0 Å². The van der Waals surface area contributed by atoms with Crippen LogP contribution in [0.4, 0.5) is 0 Å². The Kier molecular flexibility index (Phi) is 3.76. The first kappa shape index (κ1) is 13.8. The van der Waals surface area contributed by atoms with E-state index in [1.165, 1.54) is 22.4 Å². The minimum atomic E-state index is 0.151. The molecule has 0 radical (unpaired) electrons. The van der Waals surface area contributed by atoms with Crippen LogP contribution < -0.4 is 5.73 Å². The van der Waals surface area contributed by atoms with Gasteiger partial charge in [0.05, 0.1) is 11.4 Å². The molecule has 2 aromatic rings. The molecule has 102 valence electrons. The lowest BCUT2D eigenvalue weighted by atomic mass is 10.0. The molecule has 3 nitrogen and oxygen atoms in total. The molecule has 0 spiro atoms. The van der Waals surface area contributed by atoms with Crippen LogP contribution in [0.5, 0.6) is 0 Å². The summed E-state index contributed by atoms with van der Waals surface area (Å²) < 4.78 is 2.04. The van der Waals surface area contributed by atoms with E-state index in [9.17, 15) is 0 Å². The molecule has 1 aromatic heterocycles. The molecule has 0 aliphatic carbocycles. The number of hydrogen-bond acceptors (Lipinski definition) is 2. The van der Waals surface area contributed by atoms with Crippen molar-refractivity contribution in [1.29, 1.82) is 0 Å². The third-order valence-electron chi connectivity index (χ3n) is 3.66. The van der Waals surface area contributed by atoms with Gasteiger partial charge in [-0.2, -0.15) is 5.10 Å². The Hall–Kier alpha value is -1.61. The lowest BCUT2D eigenvalue weighted by Crippen LogP contribution is -2.19. The Morgan fingerprint density at radius 3 is 2.42 bits per heavy atom. The predicted octanol–water partition coefficient (Wildman–Crippen LogP) is 3.00. The van der Waals surface area contributed by atoms with Gasteiger partial charge >= 0.3 is 0 Å². The van der Waals surface area contributed by atoms with Crippen molar-refractivity contribution < 1.29 is 0 Å². The van der Waals surface area contributed by atoms with Crippen LogP contribution >= 0.6 is 0 Å². The van der Waals surface area contributed by atoms with Gasteiger partial charge in [-0.25, -0.2) is 4.68 Å². The second-order valence-electron chi connectivity index (χ2n) is 5.52. The summed E-state index contributed by atoms with van der Waals surface area (Å²) in [4.78, 5) is 0. The van der Waals surface area contributed by atoms with Crippen molar-refractivity contribution in [3.8, 4) is 5.69 Å². The average molecular weight is 257 g/mol. The maximum absolute atomic E-state index is 5.96. The first-order valence-electron chi connectivity index (χ1n) is 6.78. The fourth-order valence-electron chi connectivity index (χ4n) is 2.39. The molecule has 0 aliphatic heterocycles. The summed E-state index contributed by atoms with van der Waals surface area (Å²) in [5.74, 6) is 0. The van der Waals surface area contributed by atoms with Crippen LogP contribution in [-0.4, -0.2) is 15.8 Å². The van der Waals surface area contributed by atoms with E-state index in [1.54, 1.807) is 0 Å². The molecule has 3 heteroatoms. The van der Waals surface area contributed by atoms with Gasteiger partial charge in [-0.1, -0.05) is 17.7 Å². The lowest BCUT2D eigenvalue weighted by Gasteiger charge is -2.14. The Morgan fingerprint density at radius 2 is 1.89 bits per heavy atom. The van der Waals surface area contributed by atoms with E-state index in [4.69, 9.17) is 5.73 Å². The monoisotopic (exact) mass is 257 g/mol. The highest BCUT2D eigenvalue weighted by atomic mass is 15.3. The molecule has 0 saturated heterocycles. The summed E-state index contributed by atoms with van der Waals surface area (Å²) in [7, 11) is 0. The van der Waals surface area contributed by atoms with Gasteiger partial charge in [0.15, 0.2) is 0 Å². The fourth-order valence-corrected chi connectivity index (χ4v) is 2.39. The van der Waals surface area contributed by atoms with E-state index in [0.717, 1.165) is 17.8 Å². The van der Waals surface area contributed by atoms with Gasteiger partial charge in [0.2, 0.25) is 0 Å². The summed E-state index contributed by atoms with van der Waals surface area (Å²) in [6.45, 7) is 10.4. The number of nitrogens with zero attached hydrogens (tertiary/aromatic N) is 2. The zero-order chi connectivity index (χ0) is 14.2. The van der Waals surface area contributed by atoms with Crippen molar-refractivity contribution >= 4 is 0 Å². The van der Waals surface area contributed by atoms with E-state index in [-0.39, 0.29) is 6.04 Å². The maximum atomic E-state index is 5.96. The number of benzene rings is 1. The molecule has 0 aliphatic rings. The van der Waals surface area contributed by atoms with Crippen molar-refractivity contribution in [2.45, 2.75) is 47.1 Å². The van der Waals surface area contributed by atoms with Crippen LogP contribution in [0.25, 0.3) is 5.69 Å². The van der Waals surface area contributed by atoms with Gasteiger partial charge in [0.1, 0.15) is 0 Å². The number of rotatable bonds is 3. The van der Waals surface area contributed by atoms with Gasteiger partial charge in [-0.05, 0) is 58.2 Å². The highest BCUT2D eigenvalue weighted by Crippen LogP contribution is 2.22. The number of aromatic nitrogens is 2. The van der Waals surface area contributed by atoms with E-state index in [2.05, 4.69) is 51.0 Å². The van der Waals surface area contributed by atoms with Crippen LogP contribution in [0.1, 0.15) is 35.0 Å². The molecule has 0 fully saturated rings. The van der Waals surface area contributed by atoms with Crippen LogP contribution in [-0.2, 0) is 6.42 Å². The van der Waals surface area contributed by atoms with Gasteiger partial charge in [0.25, 0.3) is 0 Å². The average Bonchev–Trinajstić information content (AvgIpc) is 2.57. The molecule has 0 bridgehead atoms. The highest BCUT2D eigenvalue weighted by molar-refractivity contribution is 5.45. The third-order valence-corrected chi connectivity index (χ3v) is 3.66. The zero-order valence-corrected chi connectivity index (χ0v) is 12.5. The molecule has 2 N–H and O–H groups in total. The van der Waals surface area contributed by atoms with Gasteiger partial charge in [-0.3, -0.25) is 0 Å². The summed E-state index contributed by atoms with van der Waals surface area (Å²) in [6, 6.07) is 6.64. The summed E-state index contributed by atoms with van der Waals surface area (Å²) in [6.07, 6.45) is 0.869. The topological polar surface area (TPSA) is 43.8 Å². The zero-order valence-electron chi connectivity index (χ0n) is 12.5. The Bertz CT molecular complexity index is 594. The molecule has 1 unspecified atom stereocenters. The second kappa shape index (κ2) is 5.17. The normalized spacial score (nSPS) is 12.7. The Morgan fingerprint density at radius 1 is 1.21 bits per heavy atom. The molecular weight excluding hydrogens is 234 g/mol. The molecule has 1 atom stereocenters. The lowest BCUT2D eigenvalue weighted by molar-refractivity contribution is 0.723. The van der Waals surface area contributed by atoms with Gasteiger partial charge in [-0.15, -0.1) is 0 Å². The number of nitrogens with two attached hydrogens (primary N) is 1. The maximum Gasteiger partial charge on any atom is 0.0681 e. The Balaban J connectivity index is 2.57. The quantitative estimate of drug-likeness (QED) is 0.918. The molecule has 0 amide bonds. The summed E-state index contributed by atoms with van der Waals surface area (Å²) in [5, 5.41) is 4.65. The minimum absolute atomic E-state index is 0.151. The highest BCUT2D eigenvalue weighted by Gasteiger charge is 2.13. The minimum Gasteiger partial charge on any atom is -0.328 e. The largest absolute Gasteiger partial charge is 0.328 e. The third kappa shape index (κ3) is 2.71. The van der Waals surface area contributed by atoms with E-state index >= 15 is 0 Å².